The Kier molecular flexibility index (Phi) is 4.30. The van der Waals surface area contributed by atoms with E-state index in [1.54, 1.807) is 30.3 Å². The molecule has 1 atom stereocenters. The van der Waals surface area contributed by atoms with Crippen LogP contribution in [0.25, 0.3) is 0 Å². The summed E-state index contributed by atoms with van der Waals surface area (Å²) in [5, 5.41) is -0.129. The first-order valence-electron chi connectivity index (χ1n) is 6.09. The molecule has 2 nitrogen and oxygen atoms in total. The fourth-order valence-electron chi connectivity index (χ4n) is 1.87. The van der Waals surface area contributed by atoms with Gasteiger partial charge in [0.2, 0.25) is 0 Å². The molecule has 0 aliphatic rings. The van der Waals surface area contributed by atoms with Crippen LogP contribution in [-0.2, 0) is 0 Å². The number of ketones is 2. The highest BCUT2D eigenvalue weighted by molar-refractivity contribution is 6.31. The molecule has 0 aromatic heterocycles. The van der Waals surface area contributed by atoms with E-state index in [0.717, 1.165) is 6.07 Å². The lowest BCUT2D eigenvalue weighted by atomic mass is 9.91. The van der Waals surface area contributed by atoms with Gasteiger partial charge in [-0.2, -0.15) is 0 Å². The Morgan fingerprint density at radius 2 is 1.60 bits per heavy atom. The van der Waals surface area contributed by atoms with Gasteiger partial charge >= 0.3 is 0 Å². The molecule has 0 amide bonds. The number of hydrogen-bond acceptors (Lipinski definition) is 2. The number of carbonyl (C=O) groups excluding carboxylic acids is 2. The van der Waals surface area contributed by atoms with E-state index in [1.165, 1.54) is 19.1 Å². The fourth-order valence-corrected chi connectivity index (χ4v) is 2.05. The molecule has 2 aromatic carbocycles. The fraction of sp³-hybridized carbons (Fsp3) is 0.125. The van der Waals surface area contributed by atoms with Crippen LogP contribution in [0.4, 0.5) is 4.39 Å². The summed E-state index contributed by atoms with van der Waals surface area (Å²) >= 11 is 5.65. The second kappa shape index (κ2) is 5.97. The zero-order chi connectivity index (χ0) is 14.7. The van der Waals surface area contributed by atoms with Crippen molar-refractivity contribution in [3.8, 4) is 0 Å². The SMILES string of the molecule is CC(C(=O)c1ccccc1)C(=O)c1ccc(F)c(Cl)c1. The molecular weight excluding hydrogens is 279 g/mol. The van der Waals surface area contributed by atoms with Crippen LogP contribution in [0, 0.1) is 11.7 Å². The number of rotatable bonds is 4. The predicted octanol–water partition coefficient (Wildman–Crippen LogP) is 4.18. The maximum Gasteiger partial charge on any atom is 0.173 e. The number of hydrogen-bond donors (Lipinski definition) is 0. The third-order valence-corrected chi connectivity index (χ3v) is 3.34. The van der Waals surface area contributed by atoms with E-state index in [1.807, 2.05) is 0 Å². The monoisotopic (exact) mass is 290 g/mol. The van der Waals surface area contributed by atoms with E-state index >= 15 is 0 Å². The van der Waals surface area contributed by atoms with Crippen LogP contribution in [0.2, 0.25) is 5.02 Å². The standard InChI is InChI=1S/C16H12ClFO2/c1-10(15(19)11-5-3-2-4-6-11)16(20)12-7-8-14(18)13(17)9-12/h2-10H,1H3. The molecule has 20 heavy (non-hydrogen) atoms. The van der Waals surface area contributed by atoms with Gasteiger partial charge in [0.05, 0.1) is 10.9 Å². The molecular formula is C16H12ClFO2. The minimum absolute atomic E-state index is 0.129. The van der Waals surface area contributed by atoms with Crippen LogP contribution < -0.4 is 0 Å². The Hall–Kier alpha value is -2.00. The van der Waals surface area contributed by atoms with Gasteiger partial charge in [0.15, 0.2) is 11.6 Å². The second-order valence-corrected chi connectivity index (χ2v) is 4.85. The molecule has 2 aromatic rings. The van der Waals surface area contributed by atoms with Gasteiger partial charge in [0.25, 0.3) is 0 Å². The summed E-state index contributed by atoms with van der Waals surface area (Å²) in [6, 6.07) is 12.3. The van der Waals surface area contributed by atoms with Crippen molar-refractivity contribution in [2.24, 2.45) is 5.92 Å². The van der Waals surface area contributed by atoms with Crippen LogP contribution in [0.5, 0.6) is 0 Å². The third-order valence-electron chi connectivity index (χ3n) is 3.05. The van der Waals surface area contributed by atoms with Crippen molar-refractivity contribution in [3.63, 3.8) is 0 Å². The maximum absolute atomic E-state index is 13.1. The Morgan fingerprint density at radius 3 is 2.20 bits per heavy atom. The highest BCUT2D eigenvalue weighted by Gasteiger charge is 2.24. The van der Waals surface area contributed by atoms with Gasteiger partial charge in [-0.05, 0) is 25.1 Å². The Morgan fingerprint density at radius 1 is 1.00 bits per heavy atom. The van der Waals surface area contributed by atoms with Crippen molar-refractivity contribution in [2.45, 2.75) is 6.92 Å². The summed E-state index contributed by atoms with van der Waals surface area (Å²) in [4.78, 5) is 24.4. The lowest BCUT2D eigenvalue weighted by molar-refractivity contribution is 0.0820. The van der Waals surface area contributed by atoms with Crippen LogP contribution in [0.1, 0.15) is 27.6 Å². The lowest BCUT2D eigenvalue weighted by Gasteiger charge is -2.10. The Labute approximate surface area is 121 Å². The van der Waals surface area contributed by atoms with Crippen molar-refractivity contribution in [3.05, 3.63) is 70.5 Å². The number of Topliss-reactive ketones (excluding diaryl/α,β-unsaturated/α-hetero) is 2. The Balaban J connectivity index is 2.24. The molecule has 0 saturated heterocycles. The first-order chi connectivity index (χ1) is 9.50. The zero-order valence-electron chi connectivity index (χ0n) is 10.8. The van der Waals surface area contributed by atoms with Gasteiger partial charge in [-0.1, -0.05) is 41.9 Å². The van der Waals surface area contributed by atoms with Crippen LogP contribution in [0.3, 0.4) is 0 Å². The molecule has 0 fully saturated rings. The number of carbonyl (C=O) groups is 2. The summed E-state index contributed by atoms with van der Waals surface area (Å²) in [5.41, 5.74) is 0.703. The molecule has 0 aliphatic carbocycles. The summed E-state index contributed by atoms with van der Waals surface area (Å²) in [5.74, 6) is -2.07. The summed E-state index contributed by atoms with van der Waals surface area (Å²) < 4.78 is 13.1. The van der Waals surface area contributed by atoms with E-state index < -0.39 is 11.7 Å². The highest BCUT2D eigenvalue weighted by Crippen LogP contribution is 2.20. The van der Waals surface area contributed by atoms with Gasteiger partial charge in [-0.25, -0.2) is 4.39 Å². The Bertz CT molecular complexity index is 653. The van der Waals surface area contributed by atoms with Crippen LogP contribution in [-0.4, -0.2) is 11.6 Å². The molecule has 2 rings (SSSR count). The van der Waals surface area contributed by atoms with E-state index in [2.05, 4.69) is 0 Å². The van der Waals surface area contributed by atoms with Crippen molar-refractivity contribution in [1.82, 2.24) is 0 Å². The van der Waals surface area contributed by atoms with E-state index in [-0.39, 0.29) is 22.2 Å². The molecule has 0 spiro atoms. The third kappa shape index (κ3) is 2.94. The first kappa shape index (κ1) is 14.4. The summed E-state index contributed by atoms with van der Waals surface area (Å²) in [6.07, 6.45) is 0. The normalized spacial score (nSPS) is 11.9. The number of benzene rings is 2. The predicted molar refractivity (Wildman–Crippen MR) is 75.7 cm³/mol. The molecule has 0 radical (unpaired) electrons. The van der Waals surface area contributed by atoms with Gasteiger partial charge in [-0.15, -0.1) is 0 Å². The minimum Gasteiger partial charge on any atom is -0.293 e. The van der Waals surface area contributed by atoms with Gasteiger partial charge in [0, 0.05) is 11.1 Å². The van der Waals surface area contributed by atoms with Gasteiger partial charge < -0.3 is 0 Å². The quantitative estimate of drug-likeness (QED) is 0.625. The first-order valence-corrected chi connectivity index (χ1v) is 6.47. The molecule has 102 valence electrons. The average Bonchev–Trinajstić information content (AvgIpc) is 2.48. The van der Waals surface area contributed by atoms with E-state index in [9.17, 15) is 14.0 Å². The van der Waals surface area contributed by atoms with Gasteiger partial charge in [0.1, 0.15) is 5.82 Å². The smallest absolute Gasteiger partial charge is 0.173 e. The molecule has 0 aliphatic heterocycles. The van der Waals surface area contributed by atoms with Crippen LogP contribution in [0.15, 0.2) is 48.5 Å². The molecule has 0 N–H and O–H groups in total. The topological polar surface area (TPSA) is 34.1 Å². The van der Waals surface area contributed by atoms with Crippen molar-refractivity contribution in [1.29, 1.82) is 0 Å². The van der Waals surface area contributed by atoms with E-state index in [4.69, 9.17) is 11.6 Å². The van der Waals surface area contributed by atoms with Crippen molar-refractivity contribution >= 4 is 23.2 Å². The van der Waals surface area contributed by atoms with Crippen molar-refractivity contribution < 1.29 is 14.0 Å². The second-order valence-electron chi connectivity index (χ2n) is 4.45. The minimum atomic E-state index is -0.834. The lowest BCUT2D eigenvalue weighted by Crippen LogP contribution is -2.21. The summed E-state index contributed by atoms with van der Waals surface area (Å²) in [7, 11) is 0. The molecule has 4 heteroatoms. The van der Waals surface area contributed by atoms with Crippen molar-refractivity contribution in [2.75, 3.05) is 0 Å². The summed E-state index contributed by atoms with van der Waals surface area (Å²) in [6.45, 7) is 1.54. The number of halogens is 2. The zero-order valence-corrected chi connectivity index (χ0v) is 11.5. The highest BCUT2D eigenvalue weighted by atomic mass is 35.5. The molecule has 0 bridgehead atoms. The molecule has 1 unspecified atom stereocenters. The van der Waals surface area contributed by atoms with E-state index in [0.29, 0.717) is 5.56 Å². The molecule has 0 saturated carbocycles. The maximum atomic E-state index is 13.1. The van der Waals surface area contributed by atoms with Gasteiger partial charge in [-0.3, -0.25) is 9.59 Å². The average molecular weight is 291 g/mol. The molecule has 0 heterocycles. The largest absolute Gasteiger partial charge is 0.293 e. The van der Waals surface area contributed by atoms with Crippen LogP contribution >= 0.6 is 11.6 Å².